The Kier molecular flexibility index (Phi) is 6.98. The van der Waals surface area contributed by atoms with E-state index >= 15 is 0 Å². The van der Waals surface area contributed by atoms with Gasteiger partial charge >= 0.3 is 0 Å². The summed E-state index contributed by atoms with van der Waals surface area (Å²) in [5.41, 5.74) is 5.43. The molecule has 0 aromatic rings. The molecule has 1 rings (SSSR count). The first-order chi connectivity index (χ1) is 8.62. The van der Waals surface area contributed by atoms with E-state index in [1.54, 1.807) is 0 Å². The van der Waals surface area contributed by atoms with Crippen molar-refractivity contribution in [2.24, 2.45) is 11.7 Å². The summed E-state index contributed by atoms with van der Waals surface area (Å²) in [4.78, 5) is 23.8. The minimum absolute atomic E-state index is 0. The average Bonchev–Trinajstić information content (AvgIpc) is 2.23. The van der Waals surface area contributed by atoms with Gasteiger partial charge in [0.05, 0.1) is 12.5 Å². The minimum Gasteiger partial charge on any atom is -0.350 e. The highest BCUT2D eigenvalue weighted by atomic mass is 35.5. The van der Waals surface area contributed by atoms with Crippen molar-refractivity contribution in [3.05, 3.63) is 0 Å². The average molecular weight is 306 g/mol. The van der Waals surface area contributed by atoms with E-state index < -0.39 is 5.54 Å². The lowest BCUT2D eigenvalue weighted by Crippen LogP contribution is -2.54. The van der Waals surface area contributed by atoms with Gasteiger partial charge in [-0.3, -0.25) is 9.59 Å². The number of rotatable bonds is 3. The Morgan fingerprint density at radius 3 is 2.40 bits per heavy atom. The maximum absolute atomic E-state index is 12.1. The lowest BCUT2D eigenvalue weighted by Gasteiger charge is -2.37. The Hall–Kier alpha value is -0.810. The molecule has 5 nitrogen and oxygen atoms in total. The molecule has 1 fully saturated rings. The second-order valence-electron chi connectivity index (χ2n) is 6.82. The molecule has 0 saturated heterocycles. The van der Waals surface area contributed by atoms with E-state index in [2.05, 4.69) is 10.6 Å². The maximum atomic E-state index is 12.1. The molecule has 4 N–H and O–H groups in total. The van der Waals surface area contributed by atoms with E-state index in [0.717, 1.165) is 25.7 Å². The van der Waals surface area contributed by atoms with Crippen LogP contribution in [0.1, 0.15) is 53.4 Å². The predicted molar refractivity (Wildman–Crippen MR) is 82.7 cm³/mol. The molecule has 0 aliphatic heterocycles. The number of carbonyl (C=O) groups is 2. The molecule has 0 radical (unpaired) electrons. The van der Waals surface area contributed by atoms with Crippen LogP contribution in [0.4, 0.5) is 0 Å². The van der Waals surface area contributed by atoms with Crippen molar-refractivity contribution in [3.8, 4) is 0 Å². The summed E-state index contributed by atoms with van der Waals surface area (Å²) in [5.74, 6) is -0.465. The molecule has 0 bridgehead atoms. The van der Waals surface area contributed by atoms with Crippen LogP contribution < -0.4 is 16.4 Å². The van der Waals surface area contributed by atoms with Gasteiger partial charge in [0.1, 0.15) is 0 Å². The first-order valence-corrected chi connectivity index (χ1v) is 6.99. The van der Waals surface area contributed by atoms with Gasteiger partial charge in [0.15, 0.2) is 0 Å². The second-order valence-corrected chi connectivity index (χ2v) is 6.82. The molecule has 2 amide bonds. The molecule has 2 unspecified atom stereocenters. The fourth-order valence-electron chi connectivity index (χ4n) is 2.54. The number of nitrogens with one attached hydrogen (secondary N) is 2. The van der Waals surface area contributed by atoms with E-state index in [1.807, 2.05) is 27.7 Å². The molecule has 0 spiro atoms. The molecule has 1 aliphatic carbocycles. The lowest BCUT2D eigenvalue weighted by molar-refractivity contribution is -0.131. The summed E-state index contributed by atoms with van der Waals surface area (Å²) in [6.45, 7) is 7.66. The van der Waals surface area contributed by atoms with E-state index in [-0.39, 0.29) is 42.2 Å². The Labute approximate surface area is 127 Å². The molecule has 2 atom stereocenters. The summed E-state index contributed by atoms with van der Waals surface area (Å²) < 4.78 is 0. The molecule has 118 valence electrons. The second kappa shape index (κ2) is 7.27. The van der Waals surface area contributed by atoms with E-state index in [1.165, 1.54) is 0 Å². The zero-order chi connectivity index (χ0) is 14.7. The van der Waals surface area contributed by atoms with Crippen molar-refractivity contribution in [2.75, 3.05) is 6.54 Å². The number of nitrogens with two attached hydrogens (primary N) is 1. The van der Waals surface area contributed by atoms with Crippen LogP contribution in [0.5, 0.6) is 0 Å². The Bertz CT molecular complexity index is 351. The fourth-order valence-corrected chi connectivity index (χ4v) is 2.54. The van der Waals surface area contributed by atoms with Crippen molar-refractivity contribution < 1.29 is 9.59 Å². The van der Waals surface area contributed by atoms with Gasteiger partial charge in [-0.05, 0) is 40.5 Å². The minimum atomic E-state index is -0.456. The maximum Gasteiger partial charge on any atom is 0.239 e. The largest absolute Gasteiger partial charge is 0.350 e. The highest BCUT2D eigenvalue weighted by molar-refractivity contribution is 5.86. The first kappa shape index (κ1) is 19.2. The standard InChI is InChI=1S/C14H27N3O2.ClH/c1-13(2,3)17-11(18)9-16-12(19)10-7-5-6-8-14(10,4)15;/h10H,5-9,15H2,1-4H3,(H,16,19)(H,17,18);1H. The van der Waals surface area contributed by atoms with Gasteiger partial charge in [-0.2, -0.15) is 0 Å². The normalized spacial score (nSPS) is 26.4. The number of amides is 2. The summed E-state index contributed by atoms with van der Waals surface area (Å²) in [7, 11) is 0. The van der Waals surface area contributed by atoms with Crippen molar-refractivity contribution in [3.63, 3.8) is 0 Å². The Morgan fingerprint density at radius 2 is 1.90 bits per heavy atom. The zero-order valence-corrected chi connectivity index (χ0v) is 13.7. The van der Waals surface area contributed by atoms with Crippen LogP contribution in [-0.2, 0) is 9.59 Å². The highest BCUT2D eigenvalue weighted by Crippen LogP contribution is 2.31. The SMILES string of the molecule is CC(C)(C)NC(=O)CNC(=O)C1CCCCC1(C)N.Cl. The third kappa shape index (κ3) is 6.09. The number of hydrogen-bond acceptors (Lipinski definition) is 3. The van der Waals surface area contributed by atoms with E-state index in [0.29, 0.717) is 0 Å². The molecule has 0 heterocycles. The lowest BCUT2D eigenvalue weighted by atomic mass is 9.74. The van der Waals surface area contributed by atoms with Crippen molar-refractivity contribution in [1.82, 2.24) is 10.6 Å². The fraction of sp³-hybridized carbons (Fsp3) is 0.857. The van der Waals surface area contributed by atoms with Gasteiger partial charge in [-0.15, -0.1) is 12.4 Å². The van der Waals surface area contributed by atoms with Crippen LogP contribution in [0, 0.1) is 5.92 Å². The summed E-state index contributed by atoms with van der Waals surface area (Å²) >= 11 is 0. The first-order valence-electron chi connectivity index (χ1n) is 6.99. The quantitative estimate of drug-likeness (QED) is 0.736. The Morgan fingerprint density at radius 1 is 1.30 bits per heavy atom. The third-order valence-electron chi connectivity index (χ3n) is 3.51. The Balaban J connectivity index is 0.00000361. The predicted octanol–water partition coefficient (Wildman–Crippen LogP) is 1.35. The zero-order valence-electron chi connectivity index (χ0n) is 12.9. The smallest absolute Gasteiger partial charge is 0.239 e. The summed E-state index contributed by atoms with van der Waals surface area (Å²) in [6.07, 6.45) is 3.76. The van der Waals surface area contributed by atoms with Gasteiger partial charge in [0.25, 0.3) is 0 Å². The highest BCUT2D eigenvalue weighted by Gasteiger charge is 2.37. The molecular weight excluding hydrogens is 278 g/mol. The third-order valence-corrected chi connectivity index (χ3v) is 3.51. The van der Waals surface area contributed by atoms with Gasteiger partial charge in [-0.1, -0.05) is 12.8 Å². The molecule has 1 aliphatic rings. The number of halogens is 1. The molecule has 0 aromatic heterocycles. The van der Waals surface area contributed by atoms with Crippen LogP contribution in [0.2, 0.25) is 0 Å². The molecule has 6 heteroatoms. The summed E-state index contributed by atoms with van der Waals surface area (Å²) in [6, 6.07) is 0. The molecule has 20 heavy (non-hydrogen) atoms. The molecular formula is C14H28ClN3O2. The van der Waals surface area contributed by atoms with Gasteiger partial charge in [0, 0.05) is 11.1 Å². The topological polar surface area (TPSA) is 84.2 Å². The van der Waals surface area contributed by atoms with Crippen LogP contribution in [0.15, 0.2) is 0 Å². The van der Waals surface area contributed by atoms with Crippen LogP contribution in [-0.4, -0.2) is 29.4 Å². The van der Waals surface area contributed by atoms with Gasteiger partial charge < -0.3 is 16.4 Å². The van der Waals surface area contributed by atoms with E-state index in [4.69, 9.17) is 5.73 Å². The number of hydrogen-bond donors (Lipinski definition) is 3. The van der Waals surface area contributed by atoms with Crippen LogP contribution in [0.25, 0.3) is 0 Å². The molecule has 0 aromatic carbocycles. The van der Waals surface area contributed by atoms with Crippen molar-refractivity contribution in [1.29, 1.82) is 0 Å². The van der Waals surface area contributed by atoms with Gasteiger partial charge in [0.2, 0.25) is 11.8 Å². The van der Waals surface area contributed by atoms with Gasteiger partial charge in [-0.25, -0.2) is 0 Å². The number of carbonyl (C=O) groups excluding carboxylic acids is 2. The monoisotopic (exact) mass is 305 g/mol. The van der Waals surface area contributed by atoms with Crippen molar-refractivity contribution >= 4 is 24.2 Å². The molecule has 1 saturated carbocycles. The van der Waals surface area contributed by atoms with Crippen LogP contribution in [0.3, 0.4) is 0 Å². The van der Waals surface area contributed by atoms with Crippen LogP contribution >= 0.6 is 12.4 Å². The summed E-state index contributed by atoms with van der Waals surface area (Å²) in [5, 5.41) is 5.51. The van der Waals surface area contributed by atoms with E-state index in [9.17, 15) is 9.59 Å². The van der Waals surface area contributed by atoms with Crippen molar-refractivity contribution in [2.45, 2.75) is 64.5 Å².